The quantitative estimate of drug-likeness (QED) is 0.751. The summed E-state index contributed by atoms with van der Waals surface area (Å²) in [6.45, 7) is 3.56. The second-order valence-corrected chi connectivity index (χ2v) is 4.41. The normalized spacial score (nSPS) is 31.1. The summed E-state index contributed by atoms with van der Waals surface area (Å²) in [5.74, 6) is 0. The summed E-state index contributed by atoms with van der Waals surface area (Å²) in [4.78, 5) is 2.61. The molecule has 2 heteroatoms. The van der Waals surface area contributed by atoms with E-state index in [1.807, 2.05) is 0 Å². The highest BCUT2D eigenvalue weighted by Crippen LogP contribution is 2.24. The highest BCUT2D eigenvalue weighted by molar-refractivity contribution is 5.15. The van der Waals surface area contributed by atoms with Crippen LogP contribution in [0.1, 0.15) is 12.0 Å². The topological polar surface area (TPSA) is 15.3 Å². The molecule has 0 spiro atoms. The third kappa shape index (κ3) is 1.45. The van der Waals surface area contributed by atoms with Gasteiger partial charge in [-0.25, -0.2) is 0 Å². The van der Waals surface area contributed by atoms with Gasteiger partial charge in [-0.15, -0.1) is 0 Å². The molecular formula is C12H16N2. The van der Waals surface area contributed by atoms with E-state index in [0.717, 1.165) is 18.6 Å². The predicted octanol–water partition coefficient (Wildman–Crippen LogP) is 1.23. The molecule has 0 saturated carbocycles. The number of nitrogens with one attached hydrogen (secondary N) is 1. The van der Waals surface area contributed by atoms with E-state index >= 15 is 0 Å². The average Bonchev–Trinajstić information content (AvgIpc) is 2.81. The Morgan fingerprint density at radius 1 is 1.29 bits per heavy atom. The van der Waals surface area contributed by atoms with Gasteiger partial charge in [0.2, 0.25) is 0 Å². The van der Waals surface area contributed by atoms with Crippen LogP contribution in [0, 0.1) is 0 Å². The van der Waals surface area contributed by atoms with Gasteiger partial charge in [0, 0.05) is 31.7 Å². The first-order valence-corrected chi connectivity index (χ1v) is 5.43. The molecule has 2 atom stereocenters. The Morgan fingerprint density at radius 3 is 2.79 bits per heavy atom. The van der Waals surface area contributed by atoms with Gasteiger partial charge in [0.05, 0.1) is 0 Å². The van der Waals surface area contributed by atoms with E-state index in [0.29, 0.717) is 0 Å². The molecule has 2 aliphatic rings. The van der Waals surface area contributed by atoms with Gasteiger partial charge in [-0.05, 0) is 12.0 Å². The number of piperazine rings is 1. The molecule has 74 valence electrons. The van der Waals surface area contributed by atoms with Gasteiger partial charge in [0.1, 0.15) is 0 Å². The van der Waals surface area contributed by atoms with Gasteiger partial charge in [0.25, 0.3) is 0 Å². The van der Waals surface area contributed by atoms with Crippen molar-refractivity contribution in [3.63, 3.8) is 0 Å². The van der Waals surface area contributed by atoms with Gasteiger partial charge < -0.3 is 5.32 Å². The lowest BCUT2D eigenvalue weighted by molar-refractivity contribution is 0.218. The van der Waals surface area contributed by atoms with Gasteiger partial charge in [-0.1, -0.05) is 30.3 Å². The summed E-state index contributed by atoms with van der Waals surface area (Å²) in [6, 6.07) is 12.3. The summed E-state index contributed by atoms with van der Waals surface area (Å²) in [6.07, 6.45) is 1.35. The molecule has 3 rings (SSSR count). The van der Waals surface area contributed by atoms with Gasteiger partial charge in [-0.2, -0.15) is 0 Å². The Balaban J connectivity index is 1.69. The van der Waals surface area contributed by atoms with Gasteiger partial charge in [0.15, 0.2) is 0 Å². The van der Waals surface area contributed by atoms with Crippen molar-refractivity contribution >= 4 is 0 Å². The number of likely N-dealkylation sites (tertiary alicyclic amines) is 1. The minimum Gasteiger partial charge on any atom is -0.311 e. The van der Waals surface area contributed by atoms with Crippen LogP contribution < -0.4 is 5.32 Å². The SMILES string of the molecule is c1ccc(CN2C[C@@H]3CC2CN3)cc1. The maximum atomic E-state index is 3.53. The summed E-state index contributed by atoms with van der Waals surface area (Å²) in [5, 5.41) is 3.53. The van der Waals surface area contributed by atoms with E-state index in [9.17, 15) is 0 Å². The molecule has 2 fully saturated rings. The van der Waals surface area contributed by atoms with Crippen molar-refractivity contribution in [3.8, 4) is 0 Å². The van der Waals surface area contributed by atoms with Crippen LogP contribution in [0.25, 0.3) is 0 Å². The van der Waals surface area contributed by atoms with E-state index in [1.165, 1.54) is 25.1 Å². The van der Waals surface area contributed by atoms with E-state index in [2.05, 4.69) is 40.5 Å². The first-order valence-electron chi connectivity index (χ1n) is 5.43. The first kappa shape index (κ1) is 8.45. The van der Waals surface area contributed by atoms with Crippen molar-refractivity contribution in [2.24, 2.45) is 0 Å². The van der Waals surface area contributed by atoms with Crippen LogP contribution in [0.15, 0.2) is 30.3 Å². The number of benzene rings is 1. The molecule has 0 amide bonds. The molecule has 2 heterocycles. The highest BCUT2D eigenvalue weighted by atomic mass is 15.3. The zero-order chi connectivity index (χ0) is 9.38. The maximum Gasteiger partial charge on any atom is 0.0240 e. The molecular weight excluding hydrogens is 172 g/mol. The standard InChI is InChI=1S/C12H16N2/c1-2-4-10(5-3-1)8-14-9-11-6-12(14)7-13-11/h1-5,11-13H,6-9H2/t11-,12?/m0/s1. The van der Waals surface area contributed by atoms with Crippen LogP contribution in [-0.2, 0) is 6.54 Å². The van der Waals surface area contributed by atoms with Crippen molar-refractivity contribution in [1.82, 2.24) is 10.2 Å². The Kier molecular flexibility index (Phi) is 2.03. The lowest BCUT2D eigenvalue weighted by Crippen LogP contribution is -2.42. The maximum absolute atomic E-state index is 3.53. The summed E-state index contributed by atoms with van der Waals surface area (Å²) < 4.78 is 0. The number of hydrogen-bond donors (Lipinski definition) is 1. The van der Waals surface area contributed by atoms with E-state index in [1.54, 1.807) is 0 Å². The average molecular weight is 188 g/mol. The zero-order valence-electron chi connectivity index (χ0n) is 8.32. The lowest BCUT2D eigenvalue weighted by Gasteiger charge is -2.27. The van der Waals surface area contributed by atoms with E-state index < -0.39 is 0 Å². The molecule has 1 N–H and O–H groups in total. The molecule has 2 saturated heterocycles. The third-order valence-electron chi connectivity index (χ3n) is 3.40. The second kappa shape index (κ2) is 3.37. The van der Waals surface area contributed by atoms with Crippen LogP contribution in [0.5, 0.6) is 0 Å². The summed E-state index contributed by atoms with van der Waals surface area (Å²) in [7, 11) is 0. The lowest BCUT2D eigenvalue weighted by atomic mass is 10.2. The predicted molar refractivity (Wildman–Crippen MR) is 57.0 cm³/mol. The number of rotatable bonds is 2. The molecule has 1 aromatic rings. The number of nitrogens with zero attached hydrogens (tertiary/aromatic N) is 1. The zero-order valence-corrected chi connectivity index (χ0v) is 8.32. The van der Waals surface area contributed by atoms with Crippen molar-refractivity contribution in [2.45, 2.75) is 25.0 Å². The summed E-state index contributed by atoms with van der Waals surface area (Å²) >= 11 is 0. The smallest absolute Gasteiger partial charge is 0.0240 e. The molecule has 0 aliphatic carbocycles. The molecule has 0 aromatic heterocycles. The molecule has 2 bridgehead atoms. The minimum absolute atomic E-state index is 0.767. The Hall–Kier alpha value is -0.860. The molecule has 0 radical (unpaired) electrons. The summed E-state index contributed by atoms with van der Waals surface area (Å²) in [5.41, 5.74) is 1.44. The number of hydrogen-bond acceptors (Lipinski definition) is 2. The van der Waals surface area contributed by atoms with Crippen LogP contribution in [0.2, 0.25) is 0 Å². The van der Waals surface area contributed by atoms with Crippen LogP contribution >= 0.6 is 0 Å². The Labute approximate surface area is 84.9 Å². The van der Waals surface area contributed by atoms with Crippen LogP contribution in [0.3, 0.4) is 0 Å². The van der Waals surface area contributed by atoms with Gasteiger partial charge in [-0.3, -0.25) is 4.90 Å². The second-order valence-electron chi connectivity index (χ2n) is 4.41. The van der Waals surface area contributed by atoms with Crippen molar-refractivity contribution < 1.29 is 0 Å². The molecule has 1 unspecified atom stereocenters. The van der Waals surface area contributed by atoms with Gasteiger partial charge >= 0.3 is 0 Å². The fourth-order valence-electron chi connectivity index (χ4n) is 2.66. The largest absolute Gasteiger partial charge is 0.311 e. The third-order valence-corrected chi connectivity index (χ3v) is 3.40. The molecule has 1 aromatic carbocycles. The van der Waals surface area contributed by atoms with E-state index in [4.69, 9.17) is 0 Å². The Morgan fingerprint density at radius 2 is 2.14 bits per heavy atom. The Bertz CT molecular complexity index is 309. The van der Waals surface area contributed by atoms with Crippen LogP contribution in [-0.4, -0.2) is 30.1 Å². The molecule has 2 aliphatic heterocycles. The highest BCUT2D eigenvalue weighted by Gasteiger charge is 2.36. The van der Waals surface area contributed by atoms with E-state index in [-0.39, 0.29) is 0 Å². The minimum atomic E-state index is 0.767. The monoisotopic (exact) mass is 188 g/mol. The van der Waals surface area contributed by atoms with Crippen molar-refractivity contribution in [2.75, 3.05) is 13.1 Å². The number of fused-ring (bicyclic) bond motifs is 2. The molecule has 2 nitrogen and oxygen atoms in total. The van der Waals surface area contributed by atoms with Crippen molar-refractivity contribution in [1.29, 1.82) is 0 Å². The van der Waals surface area contributed by atoms with Crippen molar-refractivity contribution in [3.05, 3.63) is 35.9 Å². The fraction of sp³-hybridized carbons (Fsp3) is 0.500. The fourth-order valence-corrected chi connectivity index (χ4v) is 2.66. The molecule has 14 heavy (non-hydrogen) atoms. The first-order chi connectivity index (χ1) is 6.92. The van der Waals surface area contributed by atoms with Crippen LogP contribution in [0.4, 0.5) is 0 Å².